The summed E-state index contributed by atoms with van der Waals surface area (Å²) < 4.78 is 0. The van der Waals surface area contributed by atoms with Crippen molar-refractivity contribution in [1.29, 1.82) is 0 Å². The Balaban J connectivity index is 1.82. The summed E-state index contributed by atoms with van der Waals surface area (Å²) in [5, 5.41) is 3.27. The van der Waals surface area contributed by atoms with Gasteiger partial charge in [0, 0.05) is 24.7 Å². The molecule has 0 unspecified atom stereocenters. The molecule has 4 nitrogen and oxygen atoms in total. The molecule has 0 aromatic heterocycles. The highest BCUT2D eigenvalue weighted by molar-refractivity contribution is 6.34. The summed E-state index contributed by atoms with van der Waals surface area (Å²) in [6, 6.07) is 5.75. The number of carbonyl (C=O) groups excluding carboxylic acids is 1. The zero-order chi connectivity index (χ0) is 13.1. The summed E-state index contributed by atoms with van der Waals surface area (Å²) in [5.74, 6) is -0.0193. The number of carbonyl (C=O) groups is 1. The van der Waals surface area contributed by atoms with E-state index >= 15 is 0 Å². The number of benzene rings is 1. The van der Waals surface area contributed by atoms with Crippen LogP contribution in [0, 0.1) is 0 Å². The van der Waals surface area contributed by atoms with Crippen LogP contribution in [-0.4, -0.2) is 30.4 Å². The summed E-state index contributed by atoms with van der Waals surface area (Å²) in [6.45, 7) is 0.781. The summed E-state index contributed by atoms with van der Waals surface area (Å²) in [5.41, 5.74) is 6.80. The molecular formula is C13H18ClN3O. The minimum absolute atomic E-state index is 0.0193. The first-order valence-electron chi connectivity index (χ1n) is 6.11. The SMILES string of the molecule is CN(CCC(=O)Nc1ccc(N)cc1Cl)C1CC1. The molecule has 1 aromatic carbocycles. The Labute approximate surface area is 112 Å². The standard InChI is InChI=1S/C13H18ClN3O/c1-17(10-3-4-10)7-6-13(18)16-12-5-2-9(15)8-11(12)14/h2,5,8,10H,3-4,6-7,15H2,1H3,(H,16,18). The van der Waals surface area contributed by atoms with Gasteiger partial charge >= 0.3 is 0 Å². The number of halogens is 1. The highest BCUT2D eigenvalue weighted by Gasteiger charge is 2.25. The fourth-order valence-corrected chi connectivity index (χ4v) is 2.06. The van der Waals surface area contributed by atoms with E-state index < -0.39 is 0 Å². The van der Waals surface area contributed by atoms with Gasteiger partial charge in [-0.3, -0.25) is 4.79 Å². The number of nitrogens with one attached hydrogen (secondary N) is 1. The van der Waals surface area contributed by atoms with Gasteiger partial charge in [-0.2, -0.15) is 0 Å². The number of hydrogen-bond acceptors (Lipinski definition) is 3. The van der Waals surface area contributed by atoms with E-state index in [1.54, 1.807) is 18.2 Å². The second-order valence-electron chi connectivity index (χ2n) is 4.75. The molecule has 0 saturated heterocycles. The molecule has 0 radical (unpaired) electrons. The third-order valence-corrected chi connectivity index (χ3v) is 3.44. The second kappa shape index (κ2) is 5.59. The van der Waals surface area contributed by atoms with E-state index in [1.807, 2.05) is 0 Å². The van der Waals surface area contributed by atoms with Gasteiger partial charge in [0.05, 0.1) is 10.7 Å². The first-order chi connectivity index (χ1) is 8.56. The summed E-state index contributed by atoms with van der Waals surface area (Å²) in [4.78, 5) is 14.0. The van der Waals surface area contributed by atoms with Crippen LogP contribution < -0.4 is 11.1 Å². The number of anilines is 2. The van der Waals surface area contributed by atoms with Crippen molar-refractivity contribution in [2.75, 3.05) is 24.6 Å². The van der Waals surface area contributed by atoms with E-state index in [9.17, 15) is 4.79 Å². The summed E-state index contributed by atoms with van der Waals surface area (Å²) >= 11 is 5.99. The Kier molecular flexibility index (Phi) is 4.09. The number of nitrogens with two attached hydrogens (primary N) is 1. The van der Waals surface area contributed by atoms with Crippen LogP contribution in [-0.2, 0) is 4.79 Å². The van der Waals surface area contributed by atoms with Gasteiger partial charge in [-0.25, -0.2) is 0 Å². The smallest absolute Gasteiger partial charge is 0.225 e. The lowest BCUT2D eigenvalue weighted by Crippen LogP contribution is -2.26. The van der Waals surface area contributed by atoms with E-state index in [1.165, 1.54) is 12.8 Å². The van der Waals surface area contributed by atoms with Crippen molar-refractivity contribution in [2.45, 2.75) is 25.3 Å². The third kappa shape index (κ3) is 3.62. The predicted octanol–water partition coefficient (Wildman–Crippen LogP) is 2.35. The second-order valence-corrected chi connectivity index (χ2v) is 5.16. The highest BCUT2D eigenvalue weighted by Crippen LogP contribution is 2.26. The van der Waals surface area contributed by atoms with Gasteiger partial charge in [-0.1, -0.05) is 11.6 Å². The molecule has 0 heterocycles. The fourth-order valence-electron chi connectivity index (χ4n) is 1.82. The van der Waals surface area contributed by atoms with Crippen molar-refractivity contribution in [3.05, 3.63) is 23.2 Å². The molecule has 5 heteroatoms. The lowest BCUT2D eigenvalue weighted by molar-refractivity contribution is -0.116. The monoisotopic (exact) mass is 267 g/mol. The summed E-state index contributed by atoms with van der Waals surface area (Å²) in [7, 11) is 2.06. The highest BCUT2D eigenvalue weighted by atomic mass is 35.5. The van der Waals surface area contributed by atoms with Crippen LogP contribution in [0.4, 0.5) is 11.4 Å². The average molecular weight is 268 g/mol. The van der Waals surface area contributed by atoms with Crippen molar-refractivity contribution >= 4 is 28.9 Å². The van der Waals surface area contributed by atoms with E-state index in [2.05, 4.69) is 17.3 Å². The van der Waals surface area contributed by atoms with Crippen LogP contribution in [0.5, 0.6) is 0 Å². The van der Waals surface area contributed by atoms with Gasteiger partial charge in [-0.15, -0.1) is 0 Å². The van der Waals surface area contributed by atoms with E-state index in [0.29, 0.717) is 28.9 Å². The van der Waals surface area contributed by atoms with Crippen molar-refractivity contribution in [1.82, 2.24) is 4.90 Å². The van der Waals surface area contributed by atoms with Gasteiger partial charge in [0.2, 0.25) is 5.91 Å². The van der Waals surface area contributed by atoms with Gasteiger partial charge in [0.1, 0.15) is 0 Å². The van der Waals surface area contributed by atoms with Crippen LogP contribution >= 0.6 is 11.6 Å². The Morgan fingerprint density at radius 3 is 2.89 bits per heavy atom. The molecule has 1 fully saturated rings. The number of amides is 1. The Morgan fingerprint density at radius 2 is 2.28 bits per heavy atom. The molecule has 2 rings (SSSR count). The summed E-state index contributed by atoms with van der Waals surface area (Å²) in [6.07, 6.45) is 2.98. The predicted molar refractivity (Wildman–Crippen MR) is 74.8 cm³/mol. The van der Waals surface area contributed by atoms with Crippen molar-refractivity contribution in [3.8, 4) is 0 Å². The maximum Gasteiger partial charge on any atom is 0.225 e. The van der Waals surface area contributed by atoms with Gasteiger partial charge in [0.15, 0.2) is 0 Å². The zero-order valence-corrected chi connectivity index (χ0v) is 11.2. The molecule has 0 aliphatic heterocycles. The van der Waals surface area contributed by atoms with Crippen LogP contribution in [0.3, 0.4) is 0 Å². The lowest BCUT2D eigenvalue weighted by atomic mass is 10.2. The number of nitrogens with zero attached hydrogens (tertiary/aromatic N) is 1. The first-order valence-corrected chi connectivity index (χ1v) is 6.49. The fraction of sp³-hybridized carbons (Fsp3) is 0.462. The van der Waals surface area contributed by atoms with E-state index in [-0.39, 0.29) is 5.91 Å². The van der Waals surface area contributed by atoms with Crippen LogP contribution in [0.25, 0.3) is 0 Å². The van der Waals surface area contributed by atoms with Gasteiger partial charge in [-0.05, 0) is 38.1 Å². The molecule has 1 aromatic rings. The van der Waals surface area contributed by atoms with E-state index in [0.717, 1.165) is 6.54 Å². The number of rotatable bonds is 5. The van der Waals surface area contributed by atoms with Crippen LogP contribution in [0.1, 0.15) is 19.3 Å². The maximum atomic E-state index is 11.8. The van der Waals surface area contributed by atoms with E-state index in [4.69, 9.17) is 17.3 Å². The molecule has 0 atom stereocenters. The normalized spacial score (nSPS) is 14.8. The minimum atomic E-state index is -0.0193. The molecule has 1 saturated carbocycles. The first kappa shape index (κ1) is 13.2. The largest absolute Gasteiger partial charge is 0.399 e. The molecule has 1 aliphatic rings. The molecular weight excluding hydrogens is 250 g/mol. The van der Waals surface area contributed by atoms with Crippen molar-refractivity contribution in [2.24, 2.45) is 0 Å². The van der Waals surface area contributed by atoms with Crippen LogP contribution in [0.2, 0.25) is 5.02 Å². The number of nitrogen functional groups attached to an aromatic ring is 1. The minimum Gasteiger partial charge on any atom is -0.399 e. The third-order valence-electron chi connectivity index (χ3n) is 3.13. The Bertz CT molecular complexity index is 446. The molecule has 3 N–H and O–H groups in total. The molecule has 18 heavy (non-hydrogen) atoms. The average Bonchev–Trinajstić information content (AvgIpc) is 3.14. The molecule has 98 valence electrons. The molecule has 1 aliphatic carbocycles. The van der Waals surface area contributed by atoms with Crippen LogP contribution in [0.15, 0.2) is 18.2 Å². The zero-order valence-electron chi connectivity index (χ0n) is 10.4. The van der Waals surface area contributed by atoms with Gasteiger partial charge < -0.3 is 16.0 Å². The molecule has 0 spiro atoms. The maximum absolute atomic E-state index is 11.8. The van der Waals surface area contributed by atoms with Crippen molar-refractivity contribution < 1.29 is 4.79 Å². The Hall–Kier alpha value is -1.26. The topological polar surface area (TPSA) is 58.4 Å². The lowest BCUT2D eigenvalue weighted by Gasteiger charge is -2.15. The molecule has 1 amide bonds. The Morgan fingerprint density at radius 1 is 1.56 bits per heavy atom. The van der Waals surface area contributed by atoms with Gasteiger partial charge in [0.25, 0.3) is 0 Å². The molecule has 0 bridgehead atoms. The van der Waals surface area contributed by atoms with Crippen molar-refractivity contribution in [3.63, 3.8) is 0 Å². The number of hydrogen-bond donors (Lipinski definition) is 2. The quantitative estimate of drug-likeness (QED) is 0.805.